The molecule has 1 aromatic rings. The maximum atomic E-state index is 13.1. The molecule has 3 rings (SSSR count). The summed E-state index contributed by atoms with van der Waals surface area (Å²) in [6.07, 6.45) is 5.59. The zero-order chi connectivity index (χ0) is 23.1. The third-order valence-electron chi connectivity index (χ3n) is 6.52. The van der Waals surface area contributed by atoms with Gasteiger partial charge in [-0.05, 0) is 45.0 Å². The Morgan fingerprint density at radius 3 is 2.72 bits per heavy atom. The van der Waals surface area contributed by atoms with Gasteiger partial charge in [0.25, 0.3) is 0 Å². The summed E-state index contributed by atoms with van der Waals surface area (Å²) in [6, 6.07) is 5.20. The predicted octanol–water partition coefficient (Wildman–Crippen LogP) is 2.51. The molecule has 178 valence electrons. The zero-order valence-corrected chi connectivity index (χ0v) is 19.5. The van der Waals surface area contributed by atoms with Gasteiger partial charge < -0.3 is 30.7 Å². The first-order chi connectivity index (χ1) is 15.4. The van der Waals surface area contributed by atoms with Crippen molar-refractivity contribution in [3.05, 3.63) is 23.8 Å². The summed E-state index contributed by atoms with van der Waals surface area (Å²) in [6.45, 7) is 4.97. The van der Waals surface area contributed by atoms with Crippen molar-refractivity contribution in [2.24, 2.45) is 5.92 Å². The van der Waals surface area contributed by atoms with Crippen molar-refractivity contribution in [2.45, 2.75) is 70.6 Å². The first-order valence-electron chi connectivity index (χ1n) is 11.8. The van der Waals surface area contributed by atoms with Gasteiger partial charge in [0.1, 0.15) is 11.9 Å². The highest BCUT2D eigenvalue weighted by Crippen LogP contribution is 2.29. The number of likely N-dealkylation sites (N-methyl/N-ethyl adjacent to an activating group) is 1. The molecule has 0 spiro atoms. The van der Waals surface area contributed by atoms with Crippen LogP contribution in [0.2, 0.25) is 0 Å². The average molecular weight is 447 g/mol. The Morgan fingerprint density at radius 1 is 1.28 bits per heavy atom. The lowest BCUT2D eigenvalue weighted by molar-refractivity contribution is -0.134. The molecule has 0 unspecified atom stereocenters. The largest absolute Gasteiger partial charge is 0.488 e. The van der Waals surface area contributed by atoms with Crippen molar-refractivity contribution in [1.29, 1.82) is 0 Å². The predicted molar refractivity (Wildman–Crippen MR) is 125 cm³/mol. The fourth-order valence-electron chi connectivity index (χ4n) is 4.55. The molecule has 0 radical (unpaired) electrons. The number of rotatable bonds is 6. The van der Waals surface area contributed by atoms with Gasteiger partial charge in [0.05, 0.1) is 19.1 Å². The Labute approximate surface area is 191 Å². The maximum absolute atomic E-state index is 13.1. The number of anilines is 1. The number of ether oxygens (including phenoxy) is 1. The molecule has 1 fully saturated rings. The second-order valence-electron chi connectivity index (χ2n) is 9.20. The third-order valence-corrected chi connectivity index (χ3v) is 6.52. The summed E-state index contributed by atoms with van der Waals surface area (Å²) in [5, 5.41) is 18.8. The molecular formula is C24H38N4O4. The molecule has 1 saturated carbocycles. The number of carbonyl (C=O) groups is 2. The molecule has 1 heterocycles. The molecule has 1 aliphatic carbocycles. The number of urea groups is 1. The minimum atomic E-state index is -0.274. The number of aliphatic hydroxyl groups is 1. The fourth-order valence-corrected chi connectivity index (χ4v) is 4.55. The molecule has 0 aromatic heterocycles. The summed E-state index contributed by atoms with van der Waals surface area (Å²) in [7, 11) is 1.88. The van der Waals surface area contributed by atoms with Gasteiger partial charge in [0.15, 0.2) is 0 Å². The summed E-state index contributed by atoms with van der Waals surface area (Å²) < 4.78 is 6.33. The van der Waals surface area contributed by atoms with Crippen LogP contribution in [0.3, 0.4) is 0 Å². The lowest BCUT2D eigenvalue weighted by Crippen LogP contribution is -2.47. The van der Waals surface area contributed by atoms with E-state index in [2.05, 4.69) is 22.9 Å². The van der Waals surface area contributed by atoms with Crippen LogP contribution in [0, 0.1) is 5.92 Å². The first-order valence-corrected chi connectivity index (χ1v) is 11.8. The van der Waals surface area contributed by atoms with E-state index in [9.17, 15) is 14.7 Å². The SMILES string of the molecule is CNC[C@H]1Oc2ccc(NC(=O)NC3CCCCC3)cc2CC(=O)N([C@@H](C)CO)C[C@@H]1C. The van der Waals surface area contributed by atoms with Crippen LogP contribution in [0.4, 0.5) is 10.5 Å². The van der Waals surface area contributed by atoms with E-state index in [1.165, 1.54) is 6.42 Å². The summed E-state index contributed by atoms with van der Waals surface area (Å²) in [5.74, 6) is 0.671. The topological polar surface area (TPSA) is 103 Å². The standard InChI is InChI=1S/C24H38N4O4/c1-16-14-28(17(2)15-29)23(30)12-18-11-20(9-10-21(18)32-22(16)13-25-3)27-24(31)26-19-7-5-4-6-8-19/h9-11,16-17,19,22,25,29H,4-8,12-15H2,1-3H3,(H2,26,27,31)/t16-,17-,22+/m0/s1. The molecule has 0 bridgehead atoms. The Kier molecular flexibility index (Phi) is 8.75. The highest BCUT2D eigenvalue weighted by Gasteiger charge is 2.30. The number of nitrogens with zero attached hydrogens (tertiary/aromatic N) is 1. The Bertz CT molecular complexity index is 781. The van der Waals surface area contributed by atoms with Gasteiger partial charge in [0, 0.05) is 36.3 Å². The Balaban J connectivity index is 1.80. The number of amides is 3. The monoisotopic (exact) mass is 446 g/mol. The smallest absolute Gasteiger partial charge is 0.319 e. The van der Waals surface area contributed by atoms with Crippen LogP contribution in [0.5, 0.6) is 5.75 Å². The number of fused-ring (bicyclic) bond motifs is 1. The summed E-state index contributed by atoms with van der Waals surface area (Å²) in [5.41, 5.74) is 1.36. The minimum absolute atomic E-state index is 0.0582. The second-order valence-corrected chi connectivity index (χ2v) is 9.20. The number of benzene rings is 1. The number of aliphatic hydroxyl groups excluding tert-OH is 1. The highest BCUT2D eigenvalue weighted by atomic mass is 16.5. The second kappa shape index (κ2) is 11.5. The van der Waals surface area contributed by atoms with E-state index in [1.54, 1.807) is 4.90 Å². The van der Waals surface area contributed by atoms with Crippen LogP contribution >= 0.6 is 0 Å². The van der Waals surface area contributed by atoms with Gasteiger partial charge in [-0.1, -0.05) is 26.2 Å². The van der Waals surface area contributed by atoms with Crippen molar-refractivity contribution in [1.82, 2.24) is 15.5 Å². The molecule has 8 heteroatoms. The van der Waals surface area contributed by atoms with Crippen LogP contribution < -0.4 is 20.7 Å². The molecule has 4 N–H and O–H groups in total. The van der Waals surface area contributed by atoms with E-state index in [0.717, 1.165) is 31.2 Å². The van der Waals surface area contributed by atoms with E-state index in [1.807, 2.05) is 32.2 Å². The Hall–Kier alpha value is -2.32. The van der Waals surface area contributed by atoms with Crippen LogP contribution in [0.25, 0.3) is 0 Å². The summed E-state index contributed by atoms with van der Waals surface area (Å²) in [4.78, 5) is 27.4. The van der Waals surface area contributed by atoms with Gasteiger partial charge in [-0.25, -0.2) is 4.79 Å². The van der Waals surface area contributed by atoms with E-state index in [0.29, 0.717) is 24.5 Å². The lowest BCUT2D eigenvalue weighted by atomic mass is 9.96. The van der Waals surface area contributed by atoms with Crippen molar-refractivity contribution < 1.29 is 19.4 Å². The molecule has 1 aromatic carbocycles. The third kappa shape index (κ3) is 6.36. The normalized spacial score (nSPS) is 23.2. The number of hydrogen-bond donors (Lipinski definition) is 4. The zero-order valence-electron chi connectivity index (χ0n) is 19.5. The lowest BCUT2D eigenvalue weighted by Gasteiger charge is -2.32. The van der Waals surface area contributed by atoms with E-state index < -0.39 is 0 Å². The van der Waals surface area contributed by atoms with Gasteiger partial charge in [-0.15, -0.1) is 0 Å². The van der Waals surface area contributed by atoms with Crippen molar-refractivity contribution in [3.63, 3.8) is 0 Å². The molecule has 0 saturated heterocycles. The molecule has 1 aliphatic heterocycles. The average Bonchev–Trinajstić information content (AvgIpc) is 2.82. The van der Waals surface area contributed by atoms with Gasteiger partial charge in [0.2, 0.25) is 5.91 Å². The number of hydrogen-bond acceptors (Lipinski definition) is 5. The van der Waals surface area contributed by atoms with E-state index >= 15 is 0 Å². The molecular weight excluding hydrogens is 408 g/mol. The number of nitrogens with one attached hydrogen (secondary N) is 3. The number of carbonyl (C=O) groups excluding carboxylic acids is 2. The molecule has 3 amide bonds. The van der Waals surface area contributed by atoms with Crippen LogP contribution in [-0.4, -0.2) is 66.9 Å². The van der Waals surface area contributed by atoms with Crippen molar-refractivity contribution >= 4 is 17.6 Å². The first kappa shape index (κ1) is 24.3. The molecule has 8 nitrogen and oxygen atoms in total. The van der Waals surface area contributed by atoms with Crippen LogP contribution in [0.15, 0.2) is 18.2 Å². The molecule has 3 atom stereocenters. The molecule has 32 heavy (non-hydrogen) atoms. The quantitative estimate of drug-likeness (QED) is 0.538. The Morgan fingerprint density at radius 2 is 2.03 bits per heavy atom. The fraction of sp³-hybridized carbons (Fsp3) is 0.667. The van der Waals surface area contributed by atoms with Gasteiger partial charge in [-0.2, -0.15) is 0 Å². The van der Waals surface area contributed by atoms with Gasteiger partial charge >= 0.3 is 6.03 Å². The highest BCUT2D eigenvalue weighted by molar-refractivity contribution is 5.90. The van der Waals surface area contributed by atoms with Crippen molar-refractivity contribution in [2.75, 3.05) is 32.1 Å². The van der Waals surface area contributed by atoms with E-state index in [4.69, 9.17) is 4.74 Å². The minimum Gasteiger partial charge on any atom is -0.488 e. The molecule has 2 aliphatic rings. The van der Waals surface area contributed by atoms with E-state index in [-0.39, 0.29) is 49.1 Å². The van der Waals surface area contributed by atoms with Crippen LogP contribution in [0.1, 0.15) is 51.5 Å². The summed E-state index contributed by atoms with van der Waals surface area (Å²) >= 11 is 0. The van der Waals surface area contributed by atoms with Crippen LogP contribution in [-0.2, 0) is 11.2 Å². The van der Waals surface area contributed by atoms with Gasteiger partial charge in [-0.3, -0.25) is 4.79 Å². The maximum Gasteiger partial charge on any atom is 0.319 e. The van der Waals surface area contributed by atoms with Crippen molar-refractivity contribution in [3.8, 4) is 5.75 Å².